The van der Waals surface area contributed by atoms with E-state index in [1.165, 1.54) is 51.9 Å². The van der Waals surface area contributed by atoms with Crippen LogP contribution in [0.4, 0.5) is 0 Å². The Morgan fingerprint density at radius 1 is 1.05 bits per heavy atom. The van der Waals surface area contributed by atoms with Crippen molar-refractivity contribution in [2.45, 2.75) is 63.7 Å². The normalized spacial score (nSPS) is 10.5. The molecule has 0 spiro atoms. The van der Waals surface area contributed by atoms with Gasteiger partial charge in [0.25, 0.3) is 0 Å². The van der Waals surface area contributed by atoms with Crippen molar-refractivity contribution in [3.05, 3.63) is 24.3 Å². The van der Waals surface area contributed by atoms with E-state index in [0.29, 0.717) is 5.75 Å². The number of rotatable bonds is 10. The first-order valence-electron chi connectivity index (χ1n) is 7.64. The van der Waals surface area contributed by atoms with E-state index in [9.17, 15) is 4.79 Å². The van der Waals surface area contributed by atoms with E-state index in [-0.39, 0.29) is 5.97 Å². The molecule has 0 bridgehead atoms. The van der Waals surface area contributed by atoms with Crippen LogP contribution in [0, 0.1) is 0 Å². The summed E-state index contributed by atoms with van der Waals surface area (Å²) in [4.78, 5) is 12.1. The van der Waals surface area contributed by atoms with E-state index in [1.807, 2.05) is 24.3 Å². The summed E-state index contributed by atoms with van der Waals surface area (Å²) in [6.45, 7) is 3.69. The highest BCUT2D eigenvalue weighted by Gasteiger charge is 2.05. The summed E-state index contributed by atoms with van der Waals surface area (Å²) in [6.07, 6.45) is 9.28. The van der Waals surface area contributed by atoms with Gasteiger partial charge >= 0.3 is 5.97 Å². The number of benzene rings is 1. The fraction of sp³-hybridized carbons (Fsp3) is 0.588. The molecule has 1 rings (SSSR count). The van der Waals surface area contributed by atoms with Crippen LogP contribution >= 0.6 is 11.8 Å². The van der Waals surface area contributed by atoms with Crippen molar-refractivity contribution in [1.29, 1.82) is 0 Å². The van der Waals surface area contributed by atoms with Gasteiger partial charge in [0.05, 0.1) is 4.90 Å². The molecular weight excluding hydrogens is 268 g/mol. The van der Waals surface area contributed by atoms with Gasteiger partial charge in [-0.15, -0.1) is 11.8 Å². The zero-order chi connectivity index (χ0) is 14.6. The average molecular weight is 294 g/mol. The summed E-state index contributed by atoms with van der Waals surface area (Å²) in [7, 11) is 0. The molecule has 0 aliphatic rings. The largest absolute Gasteiger partial charge is 0.426 e. The fourth-order valence-corrected chi connectivity index (χ4v) is 3.05. The molecule has 0 saturated heterocycles. The molecular formula is C17H26O2S. The number of ether oxygens (including phenoxy) is 1. The highest BCUT2D eigenvalue weighted by atomic mass is 32.2. The summed E-state index contributed by atoms with van der Waals surface area (Å²) < 4.78 is 5.21. The van der Waals surface area contributed by atoms with Gasteiger partial charge < -0.3 is 4.74 Å². The van der Waals surface area contributed by atoms with Crippen LogP contribution in [-0.4, -0.2) is 11.7 Å². The fourth-order valence-electron chi connectivity index (χ4n) is 2.05. The first-order valence-corrected chi connectivity index (χ1v) is 8.63. The zero-order valence-corrected chi connectivity index (χ0v) is 13.5. The number of unbranched alkanes of at least 4 members (excludes halogenated alkanes) is 6. The van der Waals surface area contributed by atoms with E-state index in [4.69, 9.17) is 4.74 Å². The minimum Gasteiger partial charge on any atom is -0.426 e. The van der Waals surface area contributed by atoms with Gasteiger partial charge in [0.1, 0.15) is 5.75 Å². The van der Waals surface area contributed by atoms with Crippen molar-refractivity contribution in [1.82, 2.24) is 0 Å². The molecule has 112 valence electrons. The lowest BCUT2D eigenvalue weighted by atomic mass is 10.1. The Labute approximate surface area is 127 Å². The van der Waals surface area contributed by atoms with Gasteiger partial charge in [-0.05, 0) is 24.3 Å². The molecule has 0 heterocycles. The van der Waals surface area contributed by atoms with Crippen LogP contribution in [0.5, 0.6) is 5.75 Å². The summed E-state index contributed by atoms with van der Waals surface area (Å²) >= 11 is 1.78. The average Bonchev–Trinajstić information content (AvgIpc) is 2.43. The lowest BCUT2D eigenvalue weighted by Gasteiger charge is -2.08. The molecule has 3 heteroatoms. The van der Waals surface area contributed by atoms with E-state index in [0.717, 1.165) is 10.6 Å². The molecule has 0 amide bonds. The van der Waals surface area contributed by atoms with Crippen LogP contribution in [-0.2, 0) is 4.79 Å². The van der Waals surface area contributed by atoms with Crippen LogP contribution in [0.25, 0.3) is 0 Å². The lowest BCUT2D eigenvalue weighted by molar-refractivity contribution is -0.132. The summed E-state index contributed by atoms with van der Waals surface area (Å²) in [6, 6.07) is 7.76. The predicted molar refractivity (Wildman–Crippen MR) is 86.5 cm³/mol. The molecule has 0 atom stereocenters. The topological polar surface area (TPSA) is 26.3 Å². The lowest BCUT2D eigenvalue weighted by Crippen LogP contribution is -2.02. The standard InChI is InChI=1S/C17H26O2S/c1-3-4-5-6-7-8-11-14-20-17-13-10-9-12-16(17)19-15(2)18/h9-10,12-13H,3-8,11,14H2,1-2H3. The van der Waals surface area contributed by atoms with Gasteiger partial charge in [-0.2, -0.15) is 0 Å². The number of hydrogen-bond donors (Lipinski definition) is 0. The molecule has 2 nitrogen and oxygen atoms in total. The molecule has 0 fully saturated rings. The third-order valence-electron chi connectivity index (χ3n) is 3.11. The Bertz CT molecular complexity index is 390. The third-order valence-corrected chi connectivity index (χ3v) is 4.25. The Kier molecular flexibility index (Phi) is 9.22. The second-order valence-electron chi connectivity index (χ2n) is 5.01. The van der Waals surface area contributed by atoms with Gasteiger partial charge in [0.15, 0.2) is 0 Å². The maximum absolute atomic E-state index is 11.0. The van der Waals surface area contributed by atoms with E-state index in [2.05, 4.69) is 6.92 Å². The number of carbonyl (C=O) groups excluding carboxylic acids is 1. The third kappa shape index (κ3) is 7.59. The molecule has 1 aromatic carbocycles. The first kappa shape index (κ1) is 17.1. The molecule has 0 saturated carbocycles. The van der Waals surface area contributed by atoms with Crippen LogP contribution in [0.3, 0.4) is 0 Å². The highest BCUT2D eigenvalue weighted by molar-refractivity contribution is 7.99. The maximum Gasteiger partial charge on any atom is 0.308 e. The van der Waals surface area contributed by atoms with Gasteiger partial charge in [-0.25, -0.2) is 0 Å². The second-order valence-corrected chi connectivity index (χ2v) is 6.15. The number of hydrogen-bond acceptors (Lipinski definition) is 3. The number of esters is 1. The molecule has 0 unspecified atom stereocenters. The monoisotopic (exact) mass is 294 g/mol. The summed E-state index contributed by atoms with van der Waals surface area (Å²) in [5.41, 5.74) is 0. The van der Waals surface area contributed by atoms with E-state index < -0.39 is 0 Å². The molecule has 0 radical (unpaired) electrons. The van der Waals surface area contributed by atoms with Gasteiger partial charge in [0, 0.05) is 6.92 Å². The van der Waals surface area contributed by atoms with Crippen LogP contribution < -0.4 is 4.74 Å². The van der Waals surface area contributed by atoms with Gasteiger partial charge in [0.2, 0.25) is 0 Å². The molecule has 0 N–H and O–H groups in total. The van der Waals surface area contributed by atoms with Crippen LogP contribution in [0.2, 0.25) is 0 Å². The van der Waals surface area contributed by atoms with Crippen molar-refractivity contribution < 1.29 is 9.53 Å². The Balaban J connectivity index is 2.20. The van der Waals surface area contributed by atoms with Gasteiger partial charge in [-0.1, -0.05) is 57.6 Å². The highest BCUT2D eigenvalue weighted by Crippen LogP contribution is 2.30. The molecule has 0 aromatic heterocycles. The smallest absolute Gasteiger partial charge is 0.308 e. The number of carbonyl (C=O) groups is 1. The van der Waals surface area contributed by atoms with Crippen molar-refractivity contribution >= 4 is 17.7 Å². The van der Waals surface area contributed by atoms with Crippen LogP contribution in [0.1, 0.15) is 58.8 Å². The van der Waals surface area contributed by atoms with Gasteiger partial charge in [-0.3, -0.25) is 4.79 Å². The summed E-state index contributed by atoms with van der Waals surface area (Å²) in [5.74, 6) is 1.52. The molecule has 20 heavy (non-hydrogen) atoms. The molecule has 1 aromatic rings. The van der Waals surface area contributed by atoms with E-state index in [1.54, 1.807) is 11.8 Å². The van der Waals surface area contributed by atoms with Crippen LogP contribution in [0.15, 0.2) is 29.2 Å². The Morgan fingerprint density at radius 2 is 1.70 bits per heavy atom. The maximum atomic E-state index is 11.0. The quantitative estimate of drug-likeness (QED) is 0.248. The minimum absolute atomic E-state index is 0.256. The second kappa shape index (κ2) is 10.8. The number of para-hydroxylation sites is 1. The summed E-state index contributed by atoms with van der Waals surface area (Å²) in [5, 5.41) is 0. The van der Waals surface area contributed by atoms with Crippen molar-refractivity contribution in [2.75, 3.05) is 5.75 Å². The van der Waals surface area contributed by atoms with Crippen molar-refractivity contribution in [3.8, 4) is 5.75 Å². The number of thioether (sulfide) groups is 1. The van der Waals surface area contributed by atoms with E-state index >= 15 is 0 Å². The Hall–Kier alpha value is -0.960. The van der Waals surface area contributed by atoms with Crippen molar-refractivity contribution in [3.63, 3.8) is 0 Å². The first-order chi connectivity index (χ1) is 9.74. The Morgan fingerprint density at radius 3 is 2.40 bits per heavy atom. The predicted octanol–water partition coefficient (Wildman–Crippen LogP) is 5.45. The van der Waals surface area contributed by atoms with Crippen molar-refractivity contribution in [2.24, 2.45) is 0 Å². The molecule has 0 aliphatic carbocycles. The SMILES string of the molecule is CCCCCCCCCSc1ccccc1OC(C)=O. The molecule has 0 aliphatic heterocycles. The zero-order valence-electron chi connectivity index (χ0n) is 12.7. The minimum atomic E-state index is -0.256.